The Bertz CT molecular complexity index is 632. The van der Waals surface area contributed by atoms with E-state index in [1.165, 1.54) is 0 Å². The van der Waals surface area contributed by atoms with Crippen LogP contribution in [0.2, 0.25) is 5.02 Å². The van der Waals surface area contributed by atoms with Crippen LogP contribution in [0.1, 0.15) is 16.8 Å². The lowest BCUT2D eigenvalue weighted by Gasteiger charge is -2.09. The monoisotopic (exact) mass is 258 g/mol. The van der Waals surface area contributed by atoms with Gasteiger partial charge in [-0.25, -0.2) is 4.98 Å². The fraction of sp³-hybridized carbons (Fsp3) is 0.143. The molecule has 4 heteroatoms. The average Bonchev–Trinajstić information content (AvgIpc) is 2.33. The van der Waals surface area contributed by atoms with Crippen molar-refractivity contribution in [2.24, 2.45) is 0 Å². The lowest BCUT2D eigenvalue weighted by Crippen LogP contribution is -1.95. The molecular weight excluding hydrogens is 248 g/mol. The second-order valence-electron chi connectivity index (χ2n) is 3.93. The minimum absolute atomic E-state index is 0.322. The molecule has 0 aliphatic heterocycles. The molecule has 2 aromatic rings. The molecule has 0 saturated heterocycles. The Kier molecular flexibility index (Phi) is 3.50. The largest absolute Gasteiger partial charge is 0.437 e. The van der Waals surface area contributed by atoms with E-state index < -0.39 is 0 Å². The molecule has 1 aromatic carbocycles. The summed E-state index contributed by atoms with van der Waals surface area (Å²) in [7, 11) is 0. The number of hydrogen-bond donors (Lipinski definition) is 0. The zero-order valence-corrected chi connectivity index (χ0v) is 10.8. The molecule has 0 bridgehead atoms. The standard InChI is InChI=1S/C14H11ClN2O/c1-9-7-12(15)5-6-13(9)18-14-11(8-16)4-3-10(2)17-14/h3-7H,1-2H3. The van der Waals surface area contributed by atoms with Crippen molar-refractivity contribution in [3.63, 3.8) is 0 Å². The number of nitriles is 1. The van der Waals surface area contributed by atoms with Crippen molar-refractivity contribution < 1.29 is 4.74 Å². The van der Waals surface area contributed by atoms with Gasteiger partial charge in [-0.2, -0.15) is 5.26 Å². The van der Waals surface area contributed by atoms with E-state index in [2.05, 4.69) is 11.1 Å². The van der Waals surface area contributed by atoms with Gasteiger partial charge in [0.2, 0.25) is 5.88 Å². The normalized spacial score (nSPS) is 9.89. The molecule has 1 heterocycles. The van der Waals surface area contributed by atoms with Crippen LogP contribution in [0.4, 0.5) is 0 Å². The van der Waals surface area contributed by atoms with Crippen LogP contribution in [0, 0.1) is 25.2 Å². The Morgan fingerprint density at radius 1 is 1.22 bits per heavy atom. The van der Waals surface area contributed by atoms with Crippen molar-refractivity contribution in [2.75, 3.05) is 0 Å². The summed E-state index contributed by atoms with van der Waals surface area (Å²) < 4.78 is 5.67. The maximum atomic E-state index is 9.01. The molecule has 18 heavy (non-hydrogen) atoms. The first kappa shape index (κ1) is 12.4. The Morgan fingerprint density at radius 3 is 2.67 bits per heavy atom. The van der Waals surface area contributed by atoms with Crippen LogP contribution in [0.3, 0.4) is 0 Å². The Hall–Kier alpha value is -2.05. The van der Waals surface area contributed by atoms with Gasteiger partial charge in [0.25, 0.3) is 0 Å². The maximum absolute atomic E-state index is 9.01. The van der Waals surface area contributed by atoms with Crippen molar-refractivity contribution in [2.45, 2.75) is 13.8 Å². The highest BCUT2D eigenvalue weighted by Gasteiger charge is 2.08. The van der Waals surface area contributed by atoms with Gasteiger partial charge in [-0.3, -0.25) is 0 Å². The molecule has 90 valence electrons. The smallest absolute Gasteiger partial charge is 0.237 e. The van der Waals surface area contributed by atoms with Gasteiger partial charge in [-0.1, -0.05) is 11.6 Å². The fourth-order valence-electron chi connectivity index (χ4n) is 1.53. The molecule has 0 aliphatic carbocycles. The van der Waals surface area contributed by atoms with E-state index in [-0.39, 0.29) is 0 Å². The Morgan fingerprint density at radius 2 is 2.00 bits per heavy atom. The first-order valence-corrected chi connectivity index (χ1v) is 5.79. The van der Waals surface area contributed by atoms with E-state index in [0.717, 1.165) is 11.3 Å². The zero-order valence-electron chi connectivity index (χ0n) is 10.1. The van der Waals surface area contributed by atoms with Crippen LogP contribution in [-0.4, -0.2) is 4.98 Å². The molecular formula is C14H11ClN2O. The number of pyridine rings is 1. The average molecular weight is 259 g/mol. The first-order chi connectivity index (χ1) is 8.60. The lowest BCUT2D eigenvalue weighted by atomic mass is 10.2. The van der Waals surface area contributed by atoms with Crippen LogP contribution in [0.5, 0.6) is 11.6 Å². The molecule has 0 radical (unpaired) electrons. The van der Waals surface area contributed by atoms with Crippen LogP contribution in [0.15, 0.2) is 30.3 Å². The number of rotatable bonds is 2. The van der Waals surface area contributed by atoms with Crippen LogP contribution < -0.4 is 4.74 Å². The third-order valence-electron chi connectivity index (χ3n) is 2.46. The van der Waals surface area contributed by atoms with E-state index >= 15 is 0 Å². The van der Waals surface area contributed by atoms with Crippen molar-refractivity contribution >= 4 is 11.6 Å². The second kappa shape index (κ2) is 5.07. The molecule has 0 unspecified atom stereocenters. The topological polar surface area (TPSA) is 45.9 Å². The second-order valence-corrected chi connectivity index (χ2v) is 4.37. The van der Waals surface area contributed by atoms with Gasteiger partial charge in [0, 0.05) is 10.7 Å². The van der Waals surface area contributed by atoms with Gasteiger partial charge in [0.1, 0.15) is 17.4 Å². The van der Waals surface area contributed by atoms with Gasteiger partial charge < -0.3 is 4.74 Å². The number of ether oxygens (including phenoxy) is 1. The summed E-state index contributed by atoms with van der Waals surface area (Å²) in [5.41, 5.74) is 2.11. The Balaban J connectivity index is 2.40. The third kappa shape index (κ3) is 2.61. The molecule has 0 atom stereocenters. The number of benzene rings is 1. The van der Waals surface area contributed by atoms with Crippen molar-refractivity contribution in [3.8, 4) is 17.7 Å². The molecule has 0 spiro atoms. The predicted molar refractivity (Wildman–Crippen MR) is 70.0 cm³/mol. The number of nitrogens with zero attached hydrogens (tertiary/aromatic N) is 2. The van der Waals surface area contributed by atoms with Gasteiger partial charge in [0.05, 0.1) is 0 Å². The lowest BCUT2D eigenvalue weighted by molar-refractivity contribution is 0.456. The quantitative estimate of drug-likeness (QED) is 0.817. The highest BCUT2D eigenvalue weighted by molar-refractivity contribution is 6.30. The molecule has 0 saturated carbocycles. The summed E-state index contributed by atoms with van der Waals surface area (Å²) in [6.45, 7) is 3.74. The number of halogens is 1. The molecule has 3 nitrogen and oxygen atoms in total. The van der Waals surface area contributed by atoms with Crippen LogP contribution in [0.25, 0.3) is 0 Å². The van der Waals surface area contributed by atoms with E-state index in [9.17, 15) is 0 Å². The van der Waals surface area contributed by atoms with Crippen molar-refractivity contribution in [1.29, 1.82) is 5.26 Å². The number of aryl methyl sites for hydroxylation is 2. The predicted octanol–water partition coefficient (Wildman–Crippen LogP) is 4.02. The van der Waals surface area contributed by atoms with E-state index in [1.807, 2.05) is 13.8 Å². The summed E-state index contributed by atoms with van der Waals surface area (Å²) in [5, 5.41) is 9.66. The minimum atomic E-state index is 0.322. The van der Waals surface area contributed by atoms with Crippen molar-refractivity contribution in [1.82, 2.24) is 4.98 Å². The van der Waals surface area contributed by atoms with E-state index in [4.69, 9.17) is 21.6 Å². The molecule has 0 aliphatic rings. The van der Waals surface area contributed by atoms with Crippen LogP contribution in [-0.2, 0) is 0 Å². The third-order valence-corrected chi connectivity index (χ3v) is 2.70. The van der Waals surface area contributed by atoms with Gasteiger partial charge >= 0.3 is 0 Å². The van der Waals surface area contributed by atoms with Gasteiger partial charge in [-0.05, 0) is 49.7 Å². The van der Waals surface area contributed by atoms with Crippen LogP contribution >= 0.6 is 11.6 Å². The number of hydrogen-bond acceptors (Lipinski definition) is 3. The summed E-state index contributed by atoms with van der Waals surface area (Å²) in [6.07, 6.45) is 0. The minimum Gasteiger partial charge on any atom is -0.437 e. The van der Waals surface area contributed by atoms with Crippen molar-refractivity contribution in [3.05, 3.63) is 52.2 Å². The first-order valence-electron chi connectivity index (χ1n) is 5.42. The summed E-state index contributed by atoms with van der Waals surface area (Å²) in [6, 6.07) is 10.8. The summed E-state index contributed by atoms with van der Waals surface area (Å²) in [4.78, 5) is 4.23. The number of aromatic nitrogens is 1. The highest BCUT2D eigenvalue weighted by atomic mass is 35.5. The SMILES string of the molecule is Cc1ccc(C#N)c(Oc2ccc(Cl)cc2C)n1. The highest BCUT2D eigenvalue weighted by Crippen LogP contribution is 2.28. The Labute approximate surface area is 111 Å². The maximum Gasteiger partial charge on any atom is 0.237 e. The summed E-state index contributed by atoms with van der Waals surface area (Å²) in [5.74, 6) is 0.969. The summed E-state index contributed by atoms with van der Waals surface area (Å²) >= 11 is 5.88. The van der Waals surface area contributed by atoms with Gasteiger partial charge in [0.15, 0.2) is 0 Å². The zero-order chi connectivity index (χ0) is 13.1. The van der Waals surface area contributed by atoms with E-state index in [1.54, 1.807) is 30.3 Å². The molecule has 0 fully saturated rings. The molecule has 1 aromatic heterocycles. The molecule has 0 N–H and O–H groups in total. The van der Waals surface area contributed by atoms with E-state index in [0.29, 0.717) is 22.2 Å². The fourth-order valence-corrected chi connectivity index (χ4v) is 1.75. The molecule has 2 rings (SSSR count). The van der Waals surface area contributed by atoms with Gasteiger partial charge in [-0.15, -0.1) is 0 Å². The molecule has 0 amide bonds.